The van der Waals surface area contributed by atoms with Gasteiger partial charge in [-0.15, -0.1) is 0 Å². The lowest BCUT2D eigenvalue weighted by Gasteiger charge is -2.19. The number of nitrogens with zero attached hydrogens (tertiary/aromatic N) is 1. The number of carbonyl (C=O) groups is 1. The Morgan fingerprint density at radius 2 is 1.85 bits per heavy atom. The van der Waals surface area contributed by atoms with Gasteiger partial charge in [-0.05, 0) is 42.3 Å². The first-order valence-electron chi connectivity index (χ1n) is 10.6. The number of fused-ring (bicyclic) bond motifs is 1. The number of benzene rings is 3. The van der Waals surface area contributed by atoms with E-state index in [9.17, 15) is 9.18 Å². The molecule has 1 saturated carbocycles. The highest BCUT2D eigenvalue weighted by Crippen LogP contribution is 2.55. The number of ether oxygens (including phenoxy) is 3. The summed E-state index contributed by atoms with van der Waals surface area (Å²) in [5, 5.41) is 0. The Bertz CT molecular complexity index is 1320. The number of hydrogen-bond acceptors (Lipinski definition) is 5. The molecular weight excluding hydrogens is 423 g/mol. The summed E-state index contributed by atoms with van der Waals surface area (Å²) in [6.07, 6.45) is 0.633. The highest BCUT2D eigenvalue weighted by Gasteiger charge is 2.60. The number of hydrogen-bond donors (Lipinski definition) is 1. The molecule has 5 rings (SSSR count). The van der Waals surface area contributed by atoms with Crippen LogP contribution in [0.1, 0.15) is 22.6 Å². The van der Waals surface area contributed by atoms with Gasteiger partial charge in [-0.25, -0.2) is 9.37 Å². The SMILES string of the molecule is COc1ccc(OC[C@@]2(c3ccccc3)C[C@H]2C(=O)c2nc3ccc(F)cc3[nH]2)cc1OC. The monoisotopic (exact) mass is 446 g/mol. The molecule has 0 bridgehead atoms. The quantitative estimate of drug-likeness (QED) is 0.388. The fourth-order valence-electron chi connectivity index (χ4n) is 4.36. The first kappa shape index (κ1) is 21.0. The number of ketones is 1. The zero-order chi connectivity index (χ0) is 23.0. The van der Waals surface area contributed by atoms with Crippen LogP contribution in [0.5, 0.6) is 17.2 Å². The maximum Gasteiger partial charge on any atom is 0.202 e. The second-order valence-corrected chi connectivity index (χ2v) is 8.20. The number of rotatable bonds is 8. The number of carbonyl (C=O) groups excluding carboxylic acids is 1. The average molecular weight is 446 g/mol. The number of halogens is 1. The molecule has 0 amide bonds. The predicted octanol–water partition coefficient (Wildman–Crippen LogP) is 4.94. The standard InChI is InChI=1S/C26H23FN2O4/c1-31-22-11-9-18(13-23(22)32-2)33-15-26(16-6-4-3-5-7-16)14-19(26)24(30)25-28-20-10-8-17(27)12-21(20)29-25/h3-13,19H,14-15H2,1-2H3,(H,28,29)/t19-,26+/m0/s1. The van der Waals surface area contributed by atoms with Gasteiger partial charge in [-0.2, -0.15) is 0 Å². The Kier molecular flexibility index (Phi) is 5.24. The van der Waals surface area contributed by atoms with E-state index in [1.54, 1.807) is 32.4 Å². The molecule has 168 valence electrons. The Labute approximate surface area is 190 Å². The first-order chi connectivity index (χ1) is 16.0. The molecule has 3 aromatic carbocycles. The van der Waals surface area contributed by atoms with E-state index in [2.05, 4.69) is 9.97 Å². The van der Waals surface area contributed by atoms with Crippen LogP contribution < -0.4 is 14.2 Å². The molecule has 0 saturated heterocycles. The molecule has 0 aliphatic heterocycles. The number of H-pyrrole nitrogens is 1. The van der Waals surface area contributed by atoms with Crippen molar-refractivity contribution in [1.82, 2.24) is 9.97 Å². The lowest BCUT2D eigenvalue weighted by molar-refractivity contribution is 0.0940. The van der Waals surface area contributed by atoms with Crippen LogP contribution in [0.4, 0.5) is 4.39 Å². The molecule has 6 nitrogen and oxygen atoms in total. The molecule has 1 N–H and O–H groups in total. The summed E-state index contributed by atoms with van der Waals surface area (Å²) < 4.78 is 30.4. The van der Waals surface area contributed by atoms with Gasteiger partial charge in [0.2, 0.25) is 5.78 Å². The molecule has 33 heavy (non-hydrogen) atoms. The van der Waals surface area contributed by atoms with Crippen molar-refractivity contribution in [3.8, 4) is 17.2 Å². The fourth-order valence-corrected chi connectivity index (χ4v) is 4.36. The summed E-state index contributed by atoms with van der Waals surface area (Å²) in [6.45, 7) is 0.317. The molecule has 2 atom stereocenters. The van der Waals surface area contributed by atoms with Crippen molar-refractivity contribution in [1.29, 1.82) is 0 Å². The predicted molar refractivity (Wildman–Crippen MR) is 122 cm³/mol. The molecular formula is C26H23FN2O4. The van der Waals surface area contributed by atoms with Crippen LogP contribution >= 0.6 is 0 Å². The third-order valence-corrected chi connectivity index (χ3v) is 6.27. The van der Waals surface area contributed by atoms with E-state index < -0.39 is 5.41 Å². The summed E-state index contributed by atoms with van der Waals surface area (Å²) in [4.78, 5) is 20.7. The molecule has 7 heteroatoms. The number of imidazole rings is 1. The summed E-state index contributed by atoms with van der Waals surface area (Å²) in [5.74, 6) is 1.27. The number of aromatic amines is 1. The highest BCUT2D eigenvalue weighted by molar-refractivity contribution is 6.00. The van der Waals surface area contributed by atoms with Gasteiger partial charge < -0.3 is 19.2 Å². The maximum absolute atomic E-state index is 13.6. The lowest BCUT2D eigenvalue weighted by Crippen LogP contribution is -2.24. The minimum atomic E-state index is -0.476. The van der Waals surface area contributed by atoms with Crippen LogP contribution in [0.15, 0.2) is 66.7 Å². The third kappa shape index (κ3) is 3.80. The largest absolute Gasteiger partial charge is 0.493 e. The second kappa shape index (κ2) is 8.24. The van der Waals surface area contributed by atoms with E-state index >= 15 is 0 Å². The second-order valence-electron chi connectivity index (χ2n) is 8.20. The third-order valence-electron chi connectivity index (χ3n) is 6.27. The summed E-state index contributed by atoms with van der Waals surface area (Å²) in [5.41, 5.74) is 1.62. The van der Waals surface area contributed by atoms with Gasteiger partial charge in [-0.1, -0.05) is 30.3 Å². The number of aromatic nitrogens is 2. The van der Waals surface area contributed by atoms with Gasteiger partial charge in [0, 0.05) is 17.4 Å². The minimum absolute atomic E-state index is 0.105. The van der Waals surface area contributed by atoms with Gasteiger partial charge in [-0.3, -0.25) is 4.79 Å². The van der Waals surface area contributed by atoms with Crippen molar-refractivity contribution >= 4 is 16.8 Å². The number of methoxy groups -OCH3 is 2. The van der Waals surface area contributed by atoms with Crippen LogP contribution in [0.25, 0.3) is 11.0 Å². The zero-order valence-corrected chi connectivity index (χ0v) is 18.3. The van der Waals surface area contributed by atoms with Crippen molar-refractivity contribution in [3.05, 3.63) is 83.9 Å². The van der Waals surface area contributed by atoms with Crippen LogP contribution in [0.2, 0.25) is 0 Å². The fraction of sp³-hybridized carbons (Fsp3) is 0.231. The van der Waals surface area contributed by atoms with E-state index in [0.717, 1.165) is 5.56 Å². The van der Waals surface area contributed by atoms with E-state index in [1.165, 1.54) is 12.1 Å². The molecule has 1 heterocycles. The average Bonchev–Trinajstić information content (AvgIpc) is 3.45. The van der Waals surface area contributed by atoms with Crippen LogP contribution in [0, 0.1) is 11.7 Å². The first-order valence-corrected chi connectivity index (χ1v) is 10.6. The zero-order valence-electron chi connectivity index (χ0n) is 18.3. The maximum atomic E-state index is 13.6. The van der Waals surface area contributed by atoms with Crippen molar-refractivity contribution in [3.63, 3.8) is 0 Å². The Morgan fingerprint density at radius 3 is 2.61 bits per heavy atom. The van der Waals surface area contributed by atoms with Gasteiger partial charge in [0.1, 0.15) is 11.6 Å². The topological polar surface area (TPSA) is 73.4 Å². The van der Waals surface area contributed by atoms with Gasteiger partial charge >= 0.3 is 0 Å². The van der Waals surface area contributed by atoms with E-state index in [-0.39, 0.29) is 23.3 Å². The molecule has 4 aromatic rings. The van der Waals surface area contributed by atoms with Gasteiger partial charge in [0.05, 0.1) is 31.9 Å². The van der Waals surface area contributed by atoms with Gasteiger partial charge in [0.25, 0.3) is 0 Å². The summed E-state index contributed by atoms with van der Waals surface area (Å²) >= 11 is 0. The van der Waals surface area contributed by atoms with E-state index in [1.807, 2.05) is 36.4 Å². The molecule has 0 unspecified atom stereocenters. The number of Topliss-reactive ketones (excluding diaryl/α,β-unsaturated/α-hetero) is 1. The molecule has 1 aromatic heterocycles. The Balaban J connectivity index is 1.42. The van der Waals surface area contributed by atoms with Crippen molar-refractivity contribution in [2.75, 3.05) is 20.8 Å². The Hall–Kier alpha value is -3.87. The normalized spacial score (nSPS) is 19.3. The van der Waals surface area contributed by atoms with Crippen molar-refractivity contribution in [2.24, 2.45) is 5.92 Å². The molecule has 1 aliphatic carbocycles. The van der Waals surface area contributed by atoms with Crippen LogP contribution in [-0.4, -0.2) is 36.6 Å². The molecule has 1 fully saturated rings. The minimum Gasteiger partial charge on any atom is -0.493 e. The summed E-state index contributed by atoms with van der Waals surface area (Å²) in [7, 11) is 3.15. The summed E-state index contributed by atoms with van der Waals surface area (Å²) in [6, 6.07) is 19.5. The number of nitrogens with one attached hydrogen (secondary N) is 1. The van der Waals surface area contributed by atoms with Crippen molar-refractivity contribution in [2.45, 2.75) is 11.8 Å². The lowest BCUT2D eigenvalue weighted by atomic mass is 9.92. The van der Waals surface area contributed by atoms with E-state index in [4.69, 9.17) is 14.2 Å². The van der Waals surface area contributed by atoms with Crippen molar-refractivity contribution < 1.29 is 23.4 Å². The van der Waals surface area contributed by atoms with Crippen LogP contribution in [0.3, 0.4) is 0 Å². The van der Waals surface area contributed by atoms with Crippen LogP contribution in [-0.2, 0) is 5.41 Å². The highest BCUT2D eigenvalue weighted by atomic mass is 19.1. The van der Waals surface area contributed by atoms with Gasteiger partial charge in [0.15, 0.2) is 17.3 Å². The molecule has 0 radical (unpaired) electrons. The van der Waals surface area contributed by atoms with E-state index in [0.29, 0.717) is 41.3 Å². The molecule has 1 aliphatic rings. The Morgan fingerprint density at radius 1 is 1.06 bits per heavy atom. The smallest absolute Gasteiger partial charge is 0.202 e. The molecule has 0 spiro atoms.